The third-order valence-electron chi connectivity index (χ3n) is 3.33. The maximum absolute atomic E-state index is 11.4. The van der Waals surface area contributed by atoms with Gasteiger partial charge in [-0.2, -0.15) is 0 Å². The maximum Gasteiger partial charge on any atom is 0.265 e. The zero-order valence-corrected chi connectivity index (χ0v) is 11.4. The number of nitrogen functional groups attached to an aromatic ring is 1. The zero-order valence-electron chi connectivity index (χ0n) is 11.4. The first kappa shape index (κ1) is 14.8. The molecule has 1 aromatic rings. The summed E-state index contributed by atoms with van der Waals surface area (Å²) in [5, 5.41) is 9.02. The molecular formula is C14H21N3O3. The van der Waals surface area contributed by atoms with Gasteiger partial charge in [-0.1, -0.05) is 6.07 Å². The summed E-state index contributed by atoms with van der Waals surface area (Å²) in [4.78, 5) is 13.6. The van der Waals surface area contributed by atoms with Crippen molar-refractivity contribution in [3.05, 3.63) is 29.8 Å². The van der Waals surface area contributed by atoms with Gasteiger partial charge < -0.3 is 9.84 Å². The number of amides is 1. The van der Waals surface area contributed by atoms with Crippen LogP contribution in [0.2, 0.25) is 0 Å². The van der Waals surface area contributed by atoms with E-state index in [-0.39, 0.29) is 12.5 Å². The lowest BCUT2D eigenvalue weighted by atomic mass is 10.2. The molecule has 1 aliphatic rings. The Morgan fingerprint density at radius 3 is 2.90 bits per heavy atom. The Morgan fingerprint density at radius 2 is 2.25 bits per heavy atom. The molecule has 6 heteroatoms. The number of nitrogens with zero attached hydrogens (tertiary/aromatic N) is 1. The van der Waals surface area contributed by atoms with Crippen molar-refractivity contribution in [1.29, 1.82) is 0 Å². The summed E-state index contributed by atoms with van der Waals surface area (Å²) in [7, 11) is 0. The molecule has 0 spiro atoms. The number of aliphatic hydroxyl groups excluding tert-OH is 1. The molecule has 110 valence electrons. The van der Waals surface area contributed by atoms with E-state index in [1.165, 1.54) is 12.8 Å². The maximum atomic E-state index is 11.4. The molecule has 1 amide bonds. The lowest BCUT2D eigenvalue weighted by Crippen LogP contribution is -2.33. The first-order valence-electron chi connectivity index (χ1n) is 6.83. The van der Waals surface area contributed by atoms with Crippen molar-refractivity contribution >= 4 is 5.91 Å². The molecule has 1 aromatic carbocycles. The fourth-order valence-corrected chi connectivity index (χ4v) is 2.14. The minimum absolute atomic E-state index is 0.169. The van der Waals surface area contributed by atoms with E-state index in [2.05, 4.69) is 10.3 Å². The summed E-state index contributed by atoms with van der Waals surface area (Å²) >= 11 is 0. The second-order valence-electron chi connectivity index (χ2n) is 4.84. The molecule has 0 saturated heterocycles. The van der Waals surface area contributed by atoms with Crippen LogP contribution in [0.1, 0.15) is 23.2 Å². The Balaban J connectivity index is 1.82. The zero-order chi connectivity index (χ0) is 14.4. The Bertz CT molecular complexity index is 449. The molecule has 0 heterocycles. The molecule has 20 heavy (non-hydrogen) atoms. The van der Waals surface area contributed by atoms with Gasteiger partial charge in [-0.05, 0) is 31.0 Å². The number of ether oxygens (including phenoxy) is 1. The van der Waals surface area contributed by atoms with Crippen LogP contribution in [0.3, 0.4) is 0 Å². The molecule has 1 fully saturated rings. The van der Waals surface area contributed by atoms with Crippen LogP contribution in [0.5, 0.6) is 5.75 Å². The predicted octanol–water partition coefficient (Wildman–Crippen LogP) is 0.126. The summed E-state index contributed by atoms with van der Waals surface area (Å²) in [5.74, 6) is 5.40. The van der Waals surface area contributed by atoms with E-state index < -0.39 is 0 Å². The van der Waals surface area contributed by atoms with E-state index in [0.29, 0.717) is 30.5 Å². The molecule has 0 aromatic heterocycles. The van der Waals surface area contributed by atoms with Crippen LogP contribution in [0, 0.1) is 0 Å². The standard InChI is InChI=1S/C14H21N3O3/c15-16-14(19)11-2-1-3-13(10-11)20-9-7-17(6-8-18)12-4-5-12/h1-3,10,12,18H,4-9,15H2,(H,16,19). The lowest BCUT2D eigenvalue weighted by Gasteiger charge is -2.20. The summed E-state index contributed by atoms with van der Waals surface area (Å²) in [6, 6.07) is 7.50. The molecule has 2 rings (SSSR count). The van der Waals surface area contributed by atoms with E-state index >= 15 is 0 Å². The van der Waals surface area contributed by atoms with E-state index in [0.717, 1.165) is 6.54 Å². The number of hydrogen-bond acceptors (Lipinski definition) is 5. The molecule has 6 nitrogen and oxygen atoms in total. The minimum atomic E-state index is -0.338. The van der Waals surface area contributed by atoms with Gasteiger partial charge in [0.2, 0.25) is 0 Å². The molecule has 0 unspecified atom stereocenters. The molecule has 1 saturated carbocycles. The quantitative estimate of drug-likeness (QED) is 0.357. The second-order valence-corrected chi connectivity index (χ2v) is 4.84. The van der Waals surface area contributed by atoms with Crippen molar-refractivity contribution in [2.75, 3.05) is 26.3 Å². The fourth-order valence-electron chi connectivity index (χ4n) is 2.14. The van der Waals surface area contributed by atoms with Crippen molar-refractivity contribution in [3.8, 4) is 5.75 Å². The highest BCUT2D eigenvalue weighted by Crippen LogP contribution is 2.26. The van der Waals surface area contributed by atoms with Gasteiger partial charge in [0.25, 0.3) is 5.91 Å². The average molecular weight is 279 g/mol. The number of rotatable bonds is 8. The largest absolute Gasteiger partial charge is 0.492 e. The summed E-state index contributed by atoms with van der Waals surface area (Å²) in [6.45, 7) is 2.16. The van der Waals surface area contributed by atoms with Crippen molar-refractivity contribution in [3.63, 3.8) is 0 Å². The van der Waals surface area contributed by atoms with Crippen LogP contribution in [-0.2, 0) is 0 Å². The van der Waals surface area contributed by atoms with Crippen molar-refractivity contribution < 1.29 is 14.6 Å². The highest BCUT2D eigenvalue weighted by atomic mass is 16.5. The number of nitrogens with one attached hydrogen (secondary N) is 1. The normalized spacial score (nSPS) is 14.3. The van der Waals surface area contributed by atoms with Crippen LogP contribution < -0.4 is 16.0 Å². The highest BCUT2D eigenvalue weighted by molar-refractivity contribution is 5.94. The van der Waals surface area contributed by atoms with E-state index in [1.54, 1.807) is 24.3 Å². The third kappa shape index (κ3) is 4.19. The summed E-state index contributed by atoms with van der Waals surface area (Å²) in [5.41, 5.74) is 2.56. The van der Waals surface area contributed by atoms with Crippen molar-refractivity contribution in [2.45, 2.75) is 18.9 Å². The van der Waals surface area contributed by atoms with Crippen molar-refractivity contribution in [1.82, 2.24) is 10.3 Å². The van der Waals surface area contributed by atoms with Crippen LogP contribution in [0.25, 0.3) is 0 Å². The van der Waals surface area contributed by atoms with Gasteiger partial charge in [0.05, 0.1) is 6.61 Å². The SMILES string of the molecule is NNC(=O)c1cccc(OCCN(CCO)C2CC2)c1. The Morgan fingerprint density at radius 1 is 1.45 bits per heavy atom. The third-order valence-corrected chi connectivity index (χ3v) is 3.33. The number of carbonyl (C=O) groups excluding carboxylic acids is 1. The van der Waals surface area contributed by atoms with Crippen molar-refractivity contribution in [2.24, 2.45) is 5.84 Å². The van der Waals surface area contributed by atoms with E-state index in [1.807, 2.05) is 0 Å². The molecule has 0 atom stereocenters. The summed E-state index contributed by atoms with van der Waals surface area (Å²) < 4.78 is 5.65. The van der Waals surface area contributed by atoms with Gasteiger partial charge in [0, 0.05) is 24.7 Å². The van der Waals surface area contributed by atoms with Gasteiger partial charge in [-0.15, -0.1) is 0 Å². The van der Waals surface area contributed by atoms with Gasteiger partial charge in [-0.3, -0.25) is 15.1 Å². The van der Waals surface area contributed by atoms with E-state index in [9.17, 15) is 4.79 Å². The molecule has 0 radical (unpaired) electrons. The first-order chi connectivity index (χ1) is 9.74. The smallest absolute Gasteiger partial charge is 0.265 e. The average Bonchev–Trinajstić information content (AvgIpc) is 3.30. The van der Waals surface area contributed by atoms with Gasteiger partial charge in [0.15, 0.2) is 0 Å². The number of carbonyl (C=O) groups is 1. The van der Waals surface area contributed by atoms with Gasteiger partial charge in [0.1, 0.15) is 12.4 Å². The number of aliphatic hydroxyl groups is 1. The van der Waals surface area contributed by atoms with E-state index in [4.69, 9.17) is 15.7 Å². The van der Waals surface area contributed by atoms with Crippen LogP contribution in [0.4, 0.5) is 0 Å². The number of nitrogens with two attached hydrogens (primary N) is 1. The van der Waals surface area contributed by atoms with Gasteiger partial charge >= 0.3 is 0 Å². The summed E-state index contributed by atoms with van der Waals surface area (Å²) in [6.07, 6.45) is 2.40. The monoisotopic (exact) mass is 279 g/mol. The Labute approximate surface area is 118 Å². The molecular weight excluding hydrogens is 258 g/mol. The van der Waals surface area contributed by atoms with Crippen LogP contribution in [0.15, 0.2) is 24.3 Å². The Kier molecular flexibility index (Phi) is 5.34. The lowest BCUT2D eigenvalue weighted by molar-refractivity contribution is 0.0953. The van der Waals surface area contributed by atoms with Gasteiger partial charge in [-0.25, -0.2) is 5.84 Å². The van der Waals surface area contributed by atoms with Crippen LogP contribution in [-0.4, -0.2) is 48.3 Å². The first-order valence-corrected chi connectivity index (χ1v) is 6.83. The molecule has 1 aliphatic carbocycles. The van der Waals surface area contributed by atoms with Crippen LogP contribution >= 0.6 is 0 Å². The molecule has 0 bridgehead atoms. The number of hydrazine groups is 1. The predicted molar refractivity (Wildman–Crippen MR) is 75.3 cm³/mol. The number of benzene rings is 1. The second kappa shape index (κ2) is 7.23. The highest BCUT2D eigenvalue weighted by Gasteiger charge is 2.28. The molecule has 0 aliphatic heterocycles. The minimum Gasteiger partial charge on any atom is -0.492 e. The number of hydrogen-bond donors (Lipinski definition) is 3. The fraction of sp³-hybridized carbons (Fsp3) is 0.500. The molecule has 4 N–H and O–H groups in total. The Hall–Kier alpha value is -1.63. The topological polar surface area (TPSA) is 87.8 Å².